The largest absolute Gasteiger partial charge is 0.497 e. The lowest BCUT2D eigenvalue weighted by Crippen LogP contribution is -2.15. The highest BCUT2D eigenvalue weighted by Crippen LogP contribution is 2.25. The molecule has 4 nitrogen and oxygen atoms in total. The van der Waals surface area contributed by atoms with E-state index in [1.165, 1.54) is 0 Å². The lowest BCUT2D eigenvalue weighted by atomic mass is 10.1. The second-order valence-electron chi connectivity index (χ2n) is 5.56. The Kier molecular flexibility index (Phi) is 5.42. The third-order valence-electron chi connectivity index (χ3n) is 3.82. The molecule has 0 amide bonds. The SMILES string of the molecule is COc1ccc(CC(=O)OC(c2ccccc2)c2ccccn2)cc1. The first-order valence-electron chi connectivity index (χ1n) is 8.04. The molecule has 1 atom stereocenters. The molecule has 2 aromatic carbocycles. The Labute approximate surface area is 147 Å². The van der Waals surface area contributed by atoms with Gasteiger partial charge in [-0.25, -0.2) is 0 Å². The molecule has 0 aliphatic carbocycles. The van der Waals surface area contributed by atoms with Gasteiger partial charge in [0, 0.05) is 6.20 Å². The number of carbonyl (C=O) groups is 1. The zero-order valence-corrected chi connectivity index (χ0v) is 14.0. The van der Waals surface area contributed by atoms with Crippen LogP contribution in [0.25, 0.3) is 0 Å². The van der Waals surface area contributed by atoms with Gasteiger partial charge in [-0.3, -0.25) is 9.78 Å². The molecule has 0 radical (unpaired) electrons. The molecule has 1 unspecified atom stereocenters. The van der Waals surface area contributed by atoms with Crippen molar-refractivity contribution in [2.24, 2.45) is 0 Å². The molecule has 3 aromatic rings. The second-order valence-corrected chi connectivity index (χ2v) is 5.56. The Morgan fingerprint density at radius 3 is 2.32 bits per heavy atom. The summed E-state index contributed by atoms with van der Waals surface area (Å²) in [5.41, 5.74) is 2.47. The fraction of sp³-hybridized carbons (Fsp3) is 0.143. The summed E-state index contributed by atoms with van der Waals surface area (Å²) in [5.74, 6) is 0.456. The van der Waals surface area contributed by atoms with Crippen LogP contribution in [0.1, 0.15) is 22.9 Å². The van der Waals surface area contributed by atoms with Crippen LogP contribution in [0.15, 0.2) is 79.0 Å². The van der Waals surface area contributed by atoms with Gasteiger partial charge in [0.1, 0.15) is 5.75 Å². The Morgan fingerprint density at radius 1 is 0.960 bits per heavy atom. The smallest absolute Gasteiger partial charge is 0.311 e. The van der Waals surface area contributed by atoms with Crippen molar-refractivity contribution < 1.29 is 14.3 Å². The predicted octanol–water partition coefficient (Wildman–Crippen LogP) is 3.97. The van der Waals surface area contributed by atoms with Gasteiger partial charge < -0.3 is 9.47 Å². The molecule has 0 N–H and O–H groups in total. The van der Waals surface area contributed by atoms with Crippen LogP contribution < -0.4 is 4.74 Å². The molecule has 0 saturated carbocycles. The third-order valence-corrected chi connectivity index (χ3v) is 3.82. The zero-order valence-electron chi connectivity index (χ0n) is 14.0. The molecule has 0 aliphatic heterocycles. The van der Waals surface area contributed by atoms with Gasteiger partial charge in [0.25, 0.3) is 0 Å². The maximum Gasteiger partial charge on any atom is 0.311 e. The number of methoxy groups -OCH3 is 1. The highest BCUT2D eigenvalue weighted by atomic mass is 16.5. The molecule has 25 heavy (non-hydrogen) atoms. The molecule has 1 heterocycles. The fourth-order valence-electron chi connectivity index (χ4n) is 2.54. The summed E-state index contributed by atoms with van der Waals surface area (Å²) in [4.78, 5) is 16.8. The Balaban J connectivity index is 1.76. The van der Waals surface area contributed by atoms with E-state index in [1.807, 2.05) is 72.8 Å². The Hall–Kier alpha value is -3.14. The highest BCUT2D eigenvalue weighted by molar-refractivity contribution is 5.73. The lowest BCUT2D eigenvalue weighted by Gasteiger charge is -2.18. The summed E-state index contributed by atoms with van der Waals surface area (Å²) >= 11 is 0. The van der Waals surface area contributed by atoms with Gasteiger partial charge >= 0.3 is 5.97 Å². The highest BCUT2D eigenvalue weighted by Gasteiger charge is 2.20. The Morgan fingerprint density at radius 2 is 1.68 bits per heavy atom. The maximum atomic E-state index is 12.4. The van der Waals surface area contributed by atoms with Crippen molar-refractivity contribution in [1.82, 2.24) is 4.98 Å². The molecular formula is C21H19NO3. The summed E-state index contributed by atoms with van der Waals surface area (Å²) < 4.78 is 10.9. The van der Waals surface area contributed by atoms with Gasteiger partial charge in [-0.05, 0) is 35.4 Å². The van der Waals surface area contributed by atoms with Crippen molar-refractivity contribution in [3.63, 3.8) is 0 Å². The average molecular weight is 333 g/mol. The van der Waals surface area contributed by atoms with Crippen LogP contribution in [-0.4, -0.2) is 18.1 Å². The van der Waals surface area contributed by atoms with E-state index in [1.54, 1.807) is 13.3 Å². The summed E-state index contributed by atoms with van der Waals surface area (Å²) in [5, 5.41) is 0. The number of hydrogen-bond donors (Lipinski definition) is 0. The number of aromatic nitrogens is 1. The topological polar surface area (TPSA) is 48.4 Å². The molecule has 4 heteroatoms. The molecule has 0 aliphatic rings. The van der Waals surface area contributed by atoms with E-state index in [0.29, 0.717) is 5.69 Å². The molecule has 0 saturated heterocycles. The van der Waals surface area contributed by atoms with Gasteiger partial charge in [-0.15, -0.1) is 0 Å². The van der Waals surface area contributed by atoms with E-state index in [2.05, 4.69) is 4.98 Å². The van der Waals surface area contributed by atoms with Crippen molar-refractivity contribution in [3.8, 4) is 5.75 Å². The number of rotatable bonds is 6. The molecule has 0 bridgehead atoms. The van der Waals surface area contributed by atoms with Gasteiger partial charge in [-0.2, -0.15) is 0 Å². The lowest BCUT2D eigenvalue weighted by molar-refractivity contribution is -0.146. The van der Waals surface area contributed by atoms with Crippen molar-refractivity contribution in [2.75, 3.05) is 7.11 Å². The van der Waals surface area contributed by atoms with E-state index in [0.717, 1.165) is 16.9 Å². The van der Waals surface area contributed by atoms with Gasteiger partial charge in [-0.1, -0.05) is 48.5 Å². The molecular weight excluding hydrogens is 314 g/mol. The minimum atomic E-state index is -0.520. The average Bonchev–Trinajstić information content (AvgIpc) is 2.68. The van der Waals surface area contributed by atoms with Crippen LogP contribution in [0.4, 0.5) is 0 Å². The quantitative estimate of drug-likeness (QED) is 0.641. The number of hydrogen-bond acceptors (Lipinski definition) is 4. The first-order chi connectivity index (χ1) is 12.3. The van der Waals surface area contributed by atoms with Crippen molar-refractivity contribution in [2.45, 2.75) is 12.5 Å². The van der Waals surface area contributed by atoms with E-state index in [9.17, 15) is 4.79 Å². The third kappa shape index (κ3) is 4.44. The number of esters is 1. The van der Waals surface area contributed by atoms with Crippen LogP contribution in [0.2, 0.25) is 0 Å². The minimum absolute atomic E-state index is 0.195. The van der Waals surface area contributed by atoms with Crippen LogP contribution in [0.3, 0.4) is 0 Å². The molecule has 3 rings (SSSR count). The monoisotopic (exact) mass is 333 g/mol. The standard InChI is InChI=1S/C21H19NO3/c1-24-18-12-10-16(11-13-18)15-20(23)25-21(17-7-3-2-4-8-17)19-9-5-6-14-22-19/h2-14,21H,15H2,1H3. The van der Waals surface area contributed by atoms with E-state index < -0.39 is 6.10 Å². The number of ether oxygens (including phenoxy) is 2. The van der Waals surface area contributed by atoms with Gasteiger partial charge in [0.15, 0.2) is 6.10 Å². The molecule has 1 aromatic heterocycles. The zero-order chi connectivity index (χ0) is 17.5. The van der Waals surface area contributed by atoms with Crippen molar-refractivity contribution in [1.29, 1.82) is 0 Å². The summed E-state index contributed by atoms with van der Waals surface area (Å²) in [7, 11) is 1.61. The summed E-state index contributed by atoms with van der Waals surface area (Å²) in [6.45, 7) is 0. The van der Waals surface area contributed by atoms with Crippen molar-refractivity contribution in [3.05, 3.63) is 95.8 Å². The maximum absolute atomic E-state index is 12.4. The van der Waals surface area contributed by atoms with Crippen LogP contribution in [-0.2, 0) is 16.0 Å². The van der Waals surface area contributed by atoms with E-state index in [4.69, 9.17) is 9.47 Å². The normalized spacial score (nSPS) is 11.6. The van der Waals surface area contributed by atoms with Crippen molar-refractivity contribution >= 4 is 5.97 Å². The van der Waals surface area contributed by atoms with Gasteiger partial charge in [0.2, 0.25) is 0 Å². The molecule has 0 fully saturated rings. The second kappa shape index (κ2) is 8.11. The Bertz CT molecular complexity index is 762. The predicted molar refractivity (Wildman–Crippen MR) is 95.3 cm³/mol. The van der Waals surface area contributed by atoms with Crippen LogP contribution in [0, 0.1) is 0 Å². The summed E-state index contributed by atoms with van der Waals surface area (Å²) in [6, 6.07) is 22.6. The number of benzene rings is 2. The minimum Gasteiger partial charge on any atom is -0.497 e. The van der Waals surface area contributed by atoms with Crippen LogP contribution in [0.5, 0.6) is 5.75 Å². The fourth-order valence-corrected chi connectivity index (χ4v) is 2.54. The van der Waals surface area contributed by atoms with E-state index in [-0.39, 0.29) is 12.4 Å². The van der Waals surface area contributed by atoms with Crippen LogP contribution >= 0.6 is 0 Å². The van der Waals surface area contributed by atoms with Gasteiger partial charge in [0.05, 0.1) is 19.2 Å². The summed E-state index contributed by atoms with van der Waals surface area (Å²) in [6.07, 6.45) is 1.37. The first-order valence-corrected chi connectivity index (χ1v) is 8.04. The molecule has 126 valence electrons. The first kappa shape index (κ1) is 16.7. The number of pyridine rings is 1. The number of nitrogens with zero attached hydrogens (tertiary/aromatic N) is 1. The molecule has 0 spiro atoms. The van der Waals surface area contributed by atoms with E-state index >= 15 is 0 Å². The number of carbonyl (C=O) groups excluding carboxylic acids is 1.